The van der Waals surface area contributed by atoms with Crippen LogP contribution < -0.4 is 4.80 Å². The minimum atomic E-state index is -3.34. The fraction of sp³-hybridized carbons (Fsp3) is 0.300. The lowest BCUT2D eigenvalue weighted by atomic mass is 10.1. The maximum absolute atomic E-state index is 12.6. The van der Waals surface area contributed by atoms with Gasteiger partial charge in [-0.1, -0.05) is 23.5 Å². The number of aryl methyl sites for hydroxylation is 1. The fourth-order valence-electron chi connectivity index (χ4n) is 2.94. The summed E-state index contributed by atoms with van der Waals surface area (Å²) in [5.74, 6) is 0.452. The standard InChI is InChI=1S/C20H22N2O5S4/c1-28-11-10-22-17-9-8-16(31(3,26)27)13-18(17)29-20(22)21-19(23)12-14-4-6-15(7-5-14)30(2,24)25/h4-9,13H,10-12H2,1-3H3. The Balaban J connectivity index is 1.98. The third-order valence-electron chi connectivity index (χ3n) is 4.53. The lowest BCUT2D eigenvalue weighted by Gasteiger charge is -2.05. The van der Waals surface area contributed by atoms with Gasteiger partial charge in [0.25, 0.3) is 5.91 Å². The maximum atomic E-state index is 12.6. The van der Waals surface area contributed by atoms with Crippen molar-refractivity contribution in [2.24, 2.45) is 4.99 Å². The first-order valence-corrected chi connectivity index (χ1v) is 15.2. The molecule has 0 aliphatic rings. The summed E-state index contributed by atoms with van der Waals surface area (Å²) in [6.07, 6.45) is 4.31. The molecule has 1 heterocycles. The number of fused-ring (bicyclic) bond motifs is 1. The van der Waals surface area contributed by atoms with Crippen LogP contribution in [-0.2, 0) is 37.4 Å². The van der Waals surface area contributed by atoms with Crippen molar-refractivity contribution in [3.05, 3.63) is 52.8 Å². The van der Waals surface area contributed by atoms with Gasteiger partial charge in [0.05, 0.1) is 26.4 Å². The number of carbonyl (C=O) groups excluding carboxylic acids is 1. The Morgan fingerprint density at radius 3 is 2.19 bits per heavy atom. The third kappa shape index (κ3) is 5.85. The van der Waals surface area contributed by atoms with Gasteiger partial charge in [0.2, 0.25) is 0 Å². The number of sulfone groups is 2. The highest BCUT2D eigenvalue weighted by atomic mass is 32.2. The number of hydrogen-bond acceptors (Lipinski definition) is 7. The van der Waals surface area contributed by atoms with E-state index in [1.165, 1.54) is 23.5 Å². The molecule has 0 atom stereocenters. The molecular formula is C20H22N2O5S4. The number of thiazole rings is 1. The van der Waals surface area contributed by atoms with Crippen LogP contribution in [-0.4, -0.2) is 51.8 Å². The first-order valence-electron chi connectivity index (χ1n) is 9.18. The average molecular weight is 499 g/mol. The van der Waals surface area contributed by atoms with Crippen LogP contribution >= 0.6 is 23.1 Å². The number of hydrogen-bond donors (Lipinski definition) is 0. The van der Waals surface area contributed by atoms with E-state index >= 15 is 0 Å². The van der Waals surface area contributed by atoms with Crippen molar-refractivity contribution in [1.29, 1.82) is 0 Å². The van der Waals surface area contributed by atoms with E-state index in [1.807, 2.05) is 10.8 Å². The van der Waals surface area contributed by atoms with Crippen molar-refractivity contribution in [2.75, 3.05) is 24.5 Å². The Morgan fingerprint density at radius 1 is 1.00 bits per heavy atom. The molecule has 0 spiro atoms. The minimum Gasteiger partial charge on any atom is -0.316 e. The zero-order chi connectivity index (χ0) is 22.8. The SMILES string of the molecule is CSCCn1c(=NC(=O)Cc2ccc(S(C)(=O)=O)cc2)sc2cc(S(C)(=O)=O)ccc21. The number of nitrogens with zero attached hydrogens (tertiary/aromatic N) is 2. The number of aromatic nitrogens is 1. The lowest BCUT2D eigenvalue weighted by Crippen LogP contribution is -2.18. The molecule has 0 fully saturated rings. The van der Waals surface area contributed by atoms with Crippen LogP contribution in [0.2, 0.25) is 0 Å². The summed E-state index contributed by atoms with van der Waals surface area (Å²) < 4.78 is 49.6. The molecule has 0 bridgehead atoms. The van der Waals surface area contributed by atoms with E-state index in [-0.39, 0.29) is 22.1 Å². The van der Waals surface area contributed by atoms with Gasteiger partial charge in [0, 0.05) is 24.8 Å². The molecule has 0 aliphatic carbocycles. The van der Waals surface area contributed by atoms with Gasteiger partial charge in [-0.05, 0) is 42.2 Å². The molecule has 0 radical (unpaired) electrons. The lowest BCUT2D eigenvalue weighted by molar-refractivity contribution is -0.117. The first kappa shape index (κ1) is 23.7. The van der Waals surface area contributed by atoms with Gasteiger partial charge in [-0.2, -0.15) is 16.8 Å². The van der Waals surface area contributed by atoms with Gasteiger partial charge in [-0.25, -0.2) is 16.8 Å². The second-order valence-corrected chi connectivity index (χ2v) is 13.1. The monoisotopic (exact) mass is 498 g/mol. The molecule has 0 saturated heterocycles. The first-order chi connectivity index (χ1) is 14.5. The Labute approximate surface area is 189 Å². The number of thioether (sulfide) groups is 1. The smallest absolute Gasteiger partial charge is 0.252 e. The summed E-state index contributed by atoms with van der Waals surface area (Å²) in [6, 6.07) is 11.1. The molecule has 0 saturated carbocycles. The van der Waals surface area contributed by atoms with Crippen molar-refractivity contribution in [2.45, 2.75) is 22.8 Å². The Kier molecular flexibility index (Phi) is 7.09. The predicted octanol–water partition coefficient (Wildman–Crippen LogP) is 2.54. The number of rotatable bonds is 7. The van der Waals surface area contributed by atoms with Gasteiger partial charge in [-0.15, -0.1) is 0 Å². The summed E-state index contributed by atoms with van der Waals surface area (Å²) in [4.78, 5) is 17.8. The minimum absolute atomic E-state index is 0.0371. The molecule has 166 valence electrons. The zero-order valence-electron chi connectivity index (χ0n) is 17.2. The normalized spacial score (nSPS) is 13.1. The molecule has 3 rings (SSSR count). The third-order valence-corrected chi connectivity index (χ3v) is 8.40. The average Bonchev–Trinajstić information content (AvgIpc) is 3.01. The Bertz CT molecular complexity index is 1400. The molecule has 7 nitrogen and oxygen atoms in total. The Hall–Kier alpha value is -1.95. The molecule has 0 N–H and O–H groups in total. The van der Waals surface area contributed by atoms with Gasteiger partial charge < -0.3 is 4.57 Å². The molecule has 31 heavy (non-hydrogen) atoms. The van der Waals surface area contributed by atoms with Gasteiger partial charge in [-0.3, -0.25) is 4.79 Å². The van der Waals surface area contributed by atoms with E-state index in [9.17, 15) is 21.6 Å². The van der Waals surface area contributed by atoms with Crippen LogP contribution in [0.15, 0.2) is 57.2 Å². The van der Waals surface area contributed by atoms with E-state index in [0.29, 0.717) is 16.9 Å². The molecule has 11 heteroatoms. The molecule has 1 amide bonds. The molecule has 0 unspecified atom stereocenters. The van der Waals surface area contributed by atoms with Gasteiger partial charge in [0.1, 0.15) is 0 Å². The molecular weight excluding hydrogens is 476 g/mol. The highest BCUT2D eigenvalue weighted by Crippen LogP contribution is 2.22. The molecule has 1 aromatic heterocycles. The van der Waals surface area contributed by atoms with Crippen LogP contribution in [0.25, 0.3) is 10.2 Å². The molecule has 3 aromatic rings. The number of amides is 1. The Morgan fingerprint density at radius 2 is 1.61 bits per heavy atom. The van der Waals surface area contributed by atoms with Crippen LogP contribution in [0.5, 0.6) is 0 Å². The summed E-state index contributed by atoms with van der Waals surface area (Å²) in [6.45, 7) is 0.633. The topological polar surface area (TPSA) is 103 Å². The highest BCUT2D eigenvalue weighted by Gasteiger charge is 2.13. The van der Waals surface area contributed by atoms with Crippen molar-refractivity contribution >= 4 is 58.9 Å². The largest absolute Gasteiger partial charge is 0.316 e. The van der Waals surface area contributed by atoms with Crippen LogP contribution in [0, 0.1) is 0 Å². The van der Waals surface area contributed by atoms with E-state index in [2.05, 4.69) is 4.99 Å². The summed E-state index contributed by atoms with van der Waals surface area (Å²) >= 11 is 2.93. The molecule has 0 aliphatic heterocycles. The van der Waals surface area contributed by atoms with Crippen molar-refractivity contribution in [3.63, 3.8) is 0 Å². The van der Waals surface area contributed by atoms with Gasteiger partial charge >= 0.3 is 0 Å². The summed E-state index contributed by atoms with van der Waals surface area (Å²) in [7, 11) is -6.63. The fourth-order valence-corrected chi connectivity index (χ4v) is 5.77. The van der Waals surface area contributed by atoms with Crippen molar-refractivity contribution in [3.8, 4) is 0 Å². The van der Waals surface area contributed by atoms with Gasteiger partial charge in [0.15, 0.2) is 24.5 Å². The number of carbonyl (C=O) groups is 1. The summed E-state index contributed by atoms with van der Waals surface area (Å²) in [5.41, 5.74) is 1.49. The second-order valence-electron chi connectivity index (χ2n) is 7.03. The predicted molar refractivity (Wildman–Crippen MR) is 125 cm³/mol. The van der Waals surface area contributed by atoms with E-state index < -0.39 is 19.7 Å². The quantitative estimate of drug-likeness (QED) is 0.496. The maximum Gasteiger partial charge on any atom is 0.252 e. The molecule has 2 aromatic carbocycles. The van der Waals surface area contributed by atoms with Crippen LogP contribution in [0.4, 0.5) is 0 Å². The number of benzene rings is 2. The van der Waals surface area contributed by atoms with E-state index in [4.69, 9.17) is 0 Å². The van der Waals surface area contributed by atoms with E-state index in [1.54, 1.807) is 42.1 Å². The second kappa shape index (κ2) is 9.27. The zero-order valence-corrected chi connectivity index (χ0v) is 20.5. The van der Waals surface area contributed by atoms with Crippen LogP contribution in [0.3, 0.4) is 0 Å². The highest BCUT2D eigenvalue weighted by molar-refractivity contribution is 7.98. The van der Waals surface area contributed by atoms with Crippen LogP contribution in [0.1, 0.15) is 5.56 Å². The van der Waals surface area contributed by atoms with E-state index in [0.717, 1.165) is 28.5 Å². The summed E-state index contributed by atoms with van der Waals surface area (Å²) in [5, 5.41) is 0. The van der Waals surface area contributed by atoms with Crippen molar-refractivity contribution in [1.82, 2.24) is 4.57 Å². The van der Waals surface area contributed by atoms with Crippen molar-refractivity contribution < 1.29 is 21.6 Å².